The van der Waals surface area contributed by atoms with Crippen LogP contribution < -0.4 is 16.0 Å². The van der Waals surface area contributed by atoms with Crippen LogP contribution in [-0.2, 0) is 11.2 Å². The Morgan fingerprint density at radius 2 is 1.81 bits per heavy atom. The normalized spacial score (nSPS) is 14.1. The Hall–Kier alpha value is -2.96. The zero-order valence-corrected chi connectivity index (χ0v) is 18.4. The first-order chi connectivity index (χ1) is 15.1. The number of anilines is 1. The number of aryl methyl sites for hydroxylation is 1. The fourth-order valence-electron chi connectivity index (χ4n) is 3.45. The van der Waals surface area contributed by atoms with Crippen LogP contribution in [-0.4, -0.2) is 24.4 Å². The maximum atomic E-state index is 12.7. The smallest absolute Gasteiger partial charge is 0.253 e. The molecule has 2 amide bonds. The molecule has 2 aromatic carbocycles. The summed E-state index contributed by atoms with van der Waals surface area (Å²) in [6, 6.07) is 19.9. The molecule has 1 heterocycles. The van der Waals surface area contributed by atoms with Crippen LogP contribution in [0.4, 0.5) is 5.69 Å². The van der Waals surface area contributed by atoms with Crippen LogP contribution in [0.25, 0.3) is 0 Å². The third-order valence-corrected chi connectivity index (χ3v) is 6.31. The molecule has 1 aliphatic rings. The lowest BCUT2D eigenvalue weighted by Crippen LogP contribution is -2.32. The average molecular weight is 434 g/mol. The molecule has 0 aliphatic heterocycles. The van der Waals surface area contributed by atoms with Gasteiger partial charge in [-0.15, -0.1) is 11.3 Å². The highest BCUT2D eigenvalue weighted by Gasteiger charge is 2.25. The Bertz CT molecular complexity index is 1030. The first-order valence-electron chi connectivity index (χ1n) is 10.7. The van der Waals surface area contributed by atoms with E-state index in [2.05, 4.69) is 53.2 Å². The van der Waals surface area contributed by atoms with Gasteiger partial charge in [-0.3, -0.25) is 14.9 Å². The Kier molecular flexibility index (Phi) is 6.79. The summed E-state index contributed by atoms with van der Waals surface area (Å²) in [7, 11) is 0. The zero-order valence-electron chi connectivity index (χ0n) is 17.6. The van der Waals surface area contributed by atoms with Gasteiger partial charge in [0.2, 0.25) is 5.91 Å². The quantitative estimate of drug-likeness (QED) is 0.465. The van der Waals surface area contributed by atoms with Gasteiger partial charge in [-0.25, -0.2) is 0 Å². The first kappa shape index (κ1) is 21.3. The Morgan fingerprint density at radius 3 is 2.48 bits per heavy atom. The fourth-order valence-corrected chi connectivity index (χ4v) is 4.28. The number of rotatable bonds is 9. The Morgan fingerprint density at radius 1 is 1.03 bits per heavy atom. The topological polar surface area (TPSA) is 70.2 Å². The van der Waals surface area contributed by atoms with Crippen LogP contribution in [0.3, 0.4) is 0 Å². The largest absolute Gasteiger partial charge is 0.349 e. The van der Waals surface area contributed by atoms with Gasteiger partial charge in [-0.1, -0.05) is 49.4 Å². The van der Waals surface area contributed by atoms with Crippen LogP contribution in [0.5, 0.6) is 0 Å². The molecule has 4 rings (SSSR count). The van der Waals surface area contributed by atoms with Gasteiger partial charge < -0.3 is 10.6 Å². The number of amides is 2. The predicted molar refractivity (Wildman–Crippen MR) is 126 cm³/mol. The number of carbonyl (C=O) groups excluding carboxylic acids is 2. The number of benzene rings is 2. The van der Waals surface area contributed by atoms with Gasteiger partial charge in [0.1, 0.15) is 0 Å². The summed E-state index contributed by atoms with van der Waals surface area (Å²) >= 11 is 1.66. The van der Waals surface area contributed by atoms with Gasteiger partial charge in [0.05, 0.1) is 23.8 Å². The standard InChI is InChI=1S/C25H27N3O2S/c1-2-17-9-11-18(12-10-17)24(22-8-5-15-31-22)26-16-23(29)28-21-7-4-3-6-20(21)25(30)27-19-13-14-19/h3-12,15,19,24,26H,2,13-14,16H2,1H3,(H,27,30)(H,28,29). The highest BCUT2D eigenvalue weighted by atomic mass is 32.1. The molecule has 1 unspecified atom stereocenters. The van der Waals surface area contributed by atoms with Gasteiger partial charge in [-0.05, 0) is 54.0 Å². The van der Waals surface area contributed by atoms with E-state index in [1.54, 1.807) is 23.5 Å². The van der Waals surface area contributed by atoms with Crippen molar-refractivity contribution in [2.45, 2.75) is 38.3 Å². The van der Waals surface area contributed by atoms with E-state index < -0.39 is 0 Å². The van der Waals surface area contributed by atoms with E-state index in [1.165, 1.54) is 5.56 Å². The summed E-state index contributed by atoms with van der Waals surface area (Å²) in [6.45, 7) is 2.27. The Labute approximate surface area is 186 Å². The van der Waals surface area contributed by atoms with E-state index in [9.17, 15) is 9.59 Å². The van der Waals surface area contributed by atoms with Crippen molar-refractivity contribution in [2.24, 2.45) is 0 Å². The number of nitrogens with one attached hydrogen (secondary N) is 3. The molecule has 0 spiro atoms. The van der Waals surface area contributed by atoms with Crippen LogP contribution in [0.1, 0.15) is 52.2 Å². The van der Waals surface area contributed by atoms with Crippen molar-refractivity contribution in [1.29, 1.82) is 0 Å². The van der Waals surface area contributed by atoms with Crippen molar-refractivity contribution < 1.29 is 9.59 Å². The number of para-hydroxylation sites is 1. The monoisotopic (exact) mass is 433 g/mol. The molecule has 0 saturated heterocycles. The molecule has 1 aromatic heterocycles. The number of hydrogen-bond donors (Lipinski definition) is 3. The number of hydrogen-bond acceptors (Lipinski definition) is 4. The van der Waals surface area contributed by atoms with Gasteiger partial charge in [0.15, 0.2) is 0 Å². The maximum absolute atomic E-state index is 12.7. The highest BCUT2D eigenvalue weighted by Crippen LogP contribution is 2.26. The van der Waals surface area contributed by atoms with Gasteiger partial charge in [-0.2, -0.15) is 0 Å². The van der Waals surface area contributed by atoms with E-state index in [1.807, 2.05) is 23.6 Å². The molecule has 160 valence electrons. The highest BCUT2D eigenvalue weighted by molar-refractivity contribution is 7.10. The molecular weight excluding hydrogens is 406 g/mol. The lowest BCUT2D eigenvalue weighted by atomic mass is 10.0. The number of carbonyl (C=O) groups is 2. The zero-order chi connectivity index (χ0) is 21.6. The van der Waals surface area contributed by atoms with Crippen molar-refractivity contribution in [3.05, 3.63) is 87.6 Å². The van der Waals surface area contributed by atoms with Gasteiger partial charge in [0.25, 0.3) is 5.91 Å². The second kappa shape index (κ2) is 9.90. The molecule has 1 saturated carbocycles. The van der Waals surface area contributed by atoms with Crippen molar-refractivity contribution in [3.8, 4) is 0 Å². The van der Waals surface area contributed by atoms with Crippen molar-refractivity contribution in [1.82, 2.24) is 10.6 Å². The third-order valence-electron chi connectivity index (χ3n) is 5.37. The molecular formula is C25H27N3O2S. The first-order valence-corrected chi connectivity index (χ1v) is 11.6. The van der Waals surface area contributed by atoms with Crippen LogP contribution in [0.2, 0.25) is 0 Å². The molecule has 1 aliphatic carbocycles. The van der Waals surface area contributed by atoms with Crippen LogP contribution in [0, 0.1) is 0 Å². The molecule has 0 bridgehead atoms. The summed E-state index contributed by atoms with van der Waals surface area (Å²) in [5.74, 6) is -0.322. The predicted octanol–water partition coefficient (Wildman–Crippen LogP) is 4.52. The molecule has 6 heteroatoms. The second-order valence-corrected chi connectivity index (χ2v) is 8.75. The molecule has 3 N–H and O–H groups in total. The third kappa shape index (κ3) is 5.60. The molecule has 0 radical (unpaired) electrons. The van der Waals surface area contributed by atoms with E-state index in [-0.39, 0.29) is 30.4 Å². The fraction of sp³-hybridized carbons (Fsp3) is 0.280. The molecule has 5 nitrogen and oxygen atoms in total. The van der Waals surface area contributed by atoms with Crippen molar-refractivity contribution in [2.75, 3.05) is 11.9 Å². The van der Waals surface area contributed by atoms with E-state index in [0.717, 1.165) is 29.7 Å². The van der Waals surface area contributed by atoms with Gasteiger partial charge in [0, 0.05) is 10.9 Å². The van der Waals surface area contributed by atoms with E-state index in [0.29, 0.717) is 11.3 Å². The van der Waals surface area contributed by atoms with Crippen LogP contribution >= 0.6 is 11.3 Å². The molecule has 3 aromatic rings. The number of thiophene rings is 1. The summed E-state index contributed by atoms with van der Waals surface area (Å²) in [5.41, 5.74) is 3.43. The van der Waals surface area contributed by atoms with Gasteiger partial charge >= 0.3 is 0 Å². The minimum absolute atomic E-state index is 0.0648. The molecule has 31 heavy (non-hydrogen) atoms. The summed E-state index contributed by atoms with van der Waals surface area (Å²) in [4.78, 5) is 26.4. The van der Waals surface area contributed by atoms with Crippen molar-refractivity contribution in [3.63, 3.8) is 0 Å². The average Bonchev–Trinajstić information content (AvgIpc) is 3.44. The minimum atomic E-state index is -0.182. The van der Waals surface area contributed by atoms with Crippen LogP contribution in [0.15, 0.2) is 66.0 Å². The minimum Gasteiger partial charge on any atom is -0.349 e. The second-order valence-electron chi connectivity index (χ2n) is 7.77. The summed E-state index contributed by atoms with van der Waals surface area (Å²) < 4.78 is 0. The van der Waals surface area contributed by atoms with E-state index in [4.69, 9.17) is 0 Å². The summed E-state index contributed by atoms with van der Waals surface area (Å²) in [5, 5.41) is 11.3. The lowest BCUT2D eigenvalue weighted by molar-refractivity contribution is -0.115. The Balaban J connectivity index is 1.43. The van der Waals surface area contributed by atoms with Crippen molar-refractivity contribution >= 4 is 28.8 Å². The maximum Gasteiger partial charge on any atom is 0.253 e. The van der Waals surface area contributed by atoms with E-state index >= 15 is 0 Å². The SMILES string of the molecule is CCc1ccc(C(NCC(=O)Nc2ccccc2C(=O)NC2CC2)c2cccs2)cc1. The summed E-state index contributed by atoms with van der Waals surface area (Å²) in [6.07, 6.45) is 3.04. The molecule has 1 fully saturated rings. The molecule has 1 atom stereocenters. The lowest BCUT2D eigenvalue weighted by Gasteiger charge is -2.19.